The van der Waals surface area contributed by atoms with Crippen molar-refractivity contribution in [3.05, 3.63) is 72.5 Å². The number of aromatic amines is 1. The number of halogens is 1. The predicted molar refractivity (Wildman–Crippen MR) is 140 cm³/mol. The summed E-state index contributed by atoms with van der Waals surface area (Å²) in [6, 6.07) is 8.83. The number of nitrogens with zero attached hydrogens (tertiary/aromatic N) is 2. The molecule has 2 aromatic carbocycles. The Kier molecular flexibility index (Phi) is 7.63. The largest absolute Gasteiger partial charge is 0.496 e. The minimum atomic E-state index is -0.809. The van der Waals surface area contributed by atoms with Gasteiger partial charge in [-0.1, -0.05) is 6.92 Å². The van der Waals surface area contributed by atoms with Crippen molar-refractivity contribution < 1.29 is 14.3 Å². The summed E-state index contributed by atoms with van der Waals surface area (Å²) in [4.78, 5) is 40.1. The van der Waals surface area contributed by atoms with Crippen LogP contribution in [0.2, 0.25) is 0 Å². The molecule has 0 radical (unpaired) electrons. The first-order valence-corrected chi connectivity index (χ1v) is 12.6. The molecule has 0 saturated heterocycles. The van der Waals surface area contributed by atoms with Gasteiger partial charge in [0.25, 0.3) is 11.5 Å². The molecule has 36 heavy (non-hydrogen) atoms. The summed E-state index contributed by atoms with van der Waals surface area (Å²) in [5, 5.41) is 7.03. The Morgan fingerprint density at radius 1 is 1.11 bits per heavy atom. The van der Waals surface area contributed by atoms with Crippen LogP contribution in [0.4, 0.5) is 0 Å². The highest BCUT2D eigenvalue weighted by Gasteiger charge is 2.23. The topological polar surface area (TPSA) is 115 Å². The highest BCUT2D eigenvalue weighted by Crippen LogP contribution is 2.34. The summed E-state index contributed by atoms with van der Waals surface area (Å²) < 4.78 is 13.2. The molecular formula is C26H29BrN4O5. The van der Waals surface area contributed by atoms with Crippen LogP contribution in [0.15, 0.2) is 44.4 Å². The molecule has 1 fully saturated rings. The van der Waals surface area contributed by atoms with Crippen molar-refractivity contribution >= 4 is 21.8 Å². The molecule has 0 atom stereocenters. The van der Waals surface area contributed by atoms with E-state index in [-0.39, 0.29) is 11.7 Å². The number of methoxy groups -OCH3 is 1. The van der Waals surface area contributed by atoms with E-state index in [2.05, 4.69) is 38.3 Å². The fourth-order valence-electron chi connectivity index (χ4n) is 4.42. The number of aromatic nitrogens is 3. The molecular weight excluding hydrogens is 528 g/mol. The van der Waals surface area contributed by atoms with Crippen LogP contribution in [0.5, 0.6) is 17.2 Å². The van der Waals surface area contributed by atoms with Crippen molar-refractivity contribution in [3.8, 4) is 22.9 Å². The summed E-state index contributed by atoms with van der Waals surface area (Å²) in [5.74, 6) is 1.97. The molecule has 1 aliphatic carbocycles. The average molecular weight is 557 g/mol. The number of H-pyrrole nitrogens is 1. The second-order valence-corrected chi connectivity index (χ2v) is 10.1. The number of rotatable bonds is 6. The molecule has 10 heteroatoms. The lowest BCUT2D eigenvalue weighted by molar-refractivity contribution is 0.0914. The summed E-state index contributed by atoms with van der Waals surface area (Å²) in [7, 11) is 1.59. The molecule has 1 amide bonds. The van der Waals surface area contributed by atoms with Crippen molar-refractivity contribution in [1.82, 2.24) is 20.1 Å². The number of amides is 1. The monoisotopic (exact) mass is 556 g/mol. The van der Waals surface area contributed by atoms with Gasteiger partial charge in [0, 0.05) is 6.04 Å². The van der Waals surface area contributed by atoms with Crippen molar-refractivity contribution in [2.45, 2.75) is 52.5 Å². The maximum atomic E-state index is 12.8. The summed E-state index contributed by atoms with van der Waals surface area (Å²) in [6.07, 6.45) is 3.76. The second kappa shape index (κ2) is 10.7. The van der Waals surface area contributed by atoms with Gasteiger partial charge in [-0.2, -0.15) is 9.78 Å². The Hall–Kier alpha value is -3.40. The van der Waals surface area contributed by atoms with Crippen LogP contribution in [-0.4, -0.2) is 33.8 Å². The highest BCUT2D eigenvalue weighted by atomic mass is 79.9. The van der Waals surface area contributed by atoms with Crippen LogP contribution >= 0.6 is 15.9 Å². The molecule has 3 aromatic rings. The quantitative estimate of drug-likeness (QED) is 0.464. The first-order valence-electron chi connectivity index (χ1n) is 11.8. The molecule has 0 spiro atoms. The number of hydrogen-bond acceptors (Lipinski definition) is 6. The second-order valence-electron chi connectivity index (χ2n) is 9.26. The molecule has 0 aliphatic heterocycles. The molecule has 1 heterocycles. The molecule has 0 bridgehead atoms. The Bertz CT molecular complexity index is 1380. The molecule has 2 N–H and O–H groups in total. The molecule has 190 valence electrons. The normalized spacial score (nSPS) is 17.5. The Labute approximate surface area is 217 Å². The number of nitrogens with one attached hydrogen (secondary N) is 2. The fraction of sp³-hybridized carbons (Fsp3) is 0.385. The third-order valence-corrected chi connectivity index (χ3v) is 7.05. The first-order chi connectivity index (χ1) is 17.2. The van der Waals surface area contributed by atoms with Crippen LogP contribution < -0.4 is 26.0 Å². The summed E-state index contributed by atoms with van der Waals surface area (Å²) >= 11 is 3.45. The lowest BCUT2D eigenvalue weighted by atomic mass is 9.87. The van der Waals surface area contributed by atoms with E-state index in [9.17, 15) is 14.4 Å². The van der Waals surface area contributed by atoms with Crippen molar-refractivity contribution in [2.24, 2.45) is 5.92 Å². The third kappa shape index (κ3) is 5.53. The fourth-order valence-corrected chi connectivity index (χ4v) is 4.94. The zero-order valence-electron chi connectivity index (χ0n) is 20.7. The van der Waals surface area contributed by atoms with E-state index in [1.165, 1.54) is 0 Å². The minimum Gasteiger partial charge on any atom is -0.496 e. The smallest absolute Gasteiger partial charge is 0.349 e. The zero-order valence-corrected chi connectivity index (χ0v) is 22.3. The number of benzene rings is 2. The Morgan fingerprint density at radius 3 is 2.39 bits per heavy atom. The average Bonchev–Trinajstić information content (AvgIpc) is 2.83. The molecule has 1 aromatic heterocycles. The summed E-state index contributed by atoms with van der Waals surface area (Å²) in [5.41, 5.74) is 0.0336. The standard InChI is InChI=1S/C26H29BrN4O5/c1-14-5-7-17(8-6-14)28-24(32)22-25(33)29-26(34)31(30-22)18-11-15(2)23(16(3)12-18)36-19-9-10-21(35-4)20(27)13-19/h9-14,17H,5-8H2,1-4H3,(H,28,32)(H,29,33,34). The molecule has 9 nitrogen and oxygen atoms in total. The predicted octanol–water partition coefficient (Wildman–Crippen LogP) is 4.41. The van der Waals surface area contributed by atoms with Gasteiger partial charge in [0.1, 0.15) is 17.2 Å². The molecule has 1 saturated carbocycles. The van der Waals surface area contributed by atoms with Gasteiger partial charge < -0.3 is 14.8 Å². The van der Waals surface area contributed by atoms with Crippen molar-refractivity contribution in [2.75, 3.05) is 7.11 Å². The van der Waals surface area contributed by atoms with Crippen molar-refractivity contribution in [3.63, 3.8) is 0 Å². The van der Waals surface area contributed by atoms with E-state index >= 15 is 0 Å². The maximum Gasteiger partial charge on any atom is 0.349 e. The van der Waals surface area contributed by atoms with E-state index in [1.54, 1.807) is 37.4 Å². The van der Waals surface area contributed by atoms with Gasteiger partial charge in [-0.05, 0) is 103 Å². The van der Waals surface area contributed by atoms with Crippen LogP contribution in [0.1, 0.15) is 54.2 Å². The van der Waals surface area contributed by atoms with E-state index in [0.29, 0.717) is 28.9 Å². The zero-order chi connectivity index (χ0) is 26.0. The number of ether oxygens (including phenoxy) is 2. The van der Waals surface area contributed by atoms with Gasteiger partial charge in [0.05, 0.1) is 17.3 Å². The van der Waals surface area contributed by atoms with Gasteiger partial charge in [0.15, 0.2) is 0 Å². The van der Waals surface area contributed by atoms with Crippen molar-refractivity contribution in [1.29, 1.82) is 0 Å². The Morgan fingerprint density at radius 2 is 1.78 bits per heavy atom. The van der Waals surface area contributed by atoms with Gasteiger partial charge >= 0.3 is 5.69 Å². The number of hydrogen-bond donors (Lipinski definition) is 2. The number of aryl methyl sites for hydroxylation is 2. The van der Waals surface area contributed by atoms with Gasteiger partial charge in [-0.3, -0.25) is 14.6 Å². The van der Waals surface area contributed by atoms with Gasteiger partial charge in [0.2, 0.25) is 5.69 Å². The van der Waals surface area contributed by atoms with Crippen LogP contribution in [0.25, 0.3) is 5.69 Å². The number of carbonyl (C=O) groups is 1. The summed E-state index contributed by atoms with van der Waals surface area (Å²) in [6.45, 7) is 5.88. The maximum absolute atomic E-state index is 12.8. The minimum absolute atomic E-state index is 0.00538. The van der Waals surface area contributed by atoms with Gasteiger partial charge in [-0.15, -0.1) is 0 Å². The Balaban J connectivity index is 1.62. The first kappa shape index (κ1) is 25.7. The van der Waals surface area contributed by atoms with E-state index in [0.717, 1.165) is 46.0 Å². The highest BCUT2D eigenvalue weighted by molar-refractivity contribution is 9.10. The van der Waals surface area contributed by atoms with Crippen LogP contribution in [0.3, 0.4) is 0 Å². The third-order valence-electron chi connectivity index (χ3n) is 6.43. The SMILES string of the molecule is COc1ccc(Oc2c(C)cc(-n3nc(C(=O)NC4CCC(C)CC4)c(=O)[nH]c3=O)cc2C)cc1Br. The lowest BCUT2D eigenvalue weighted by Crippen LogP contribution is -2.43. The van der Waals surface area contributed by atoms with Crippen LogP contribution in [0, 0.1) is 19.8 Å². The van der Waals surface area contributed by atoms with E-state index in [1.807, 2.05) is 13.8 Å². The van der Waals surface area contributed by atoms with Gasteiger partial charge in [-0.25, -0.2) is 4.79 Å². The molecule has 4 rings (SSSR count). The van der Waals surface area contributed by atoms with E-state index < -0.39 is 17.2 Å². The number of carbonyl (C=O) groups excluding carboxylic acids is 1. The molecule has 0 unspecified atom stereocenters. The lowest BCUT2D eigenvalue weighted by Gasteiger charge is -2.26. The van der Waals surface area contributed by atoms with E-state index in [4.69, 9.17) is 9.47 Å². The van der Waals surface area contributed by atoms with Crippen LogP contribution in [-0.2, 0) is 0 Å². The molecule has 1 aliphatic rings.